The van der Waals surface area contributed by atoms with Crippen LogP contribution in [0, 0.1) is 0 Å². The fraction of sp³-hybridized carbons (Fsp3) is 0.167. The van der Waals surface area contributed by atoms with Crippen LogP contribution in [0.4, 0.5) is 0 Å². The zero-order valence-corrected chi connectivity index (χ0v) is 7.31. The Hall–Kier alpha value is -0.940. The molecule has 0 unspecified atom stereocenters. The quantitative estimate of drug-likeness (QED) is 0.555. The Morgan fingerprint density at radius 2 is 2.23 bits per heavy atom. The number of rotatable bonds is 4. The minimum atomic E-state index is -4.48. The first-order chi connectivity index (χ1) is 6.01. The van der Waals surface area contributed by atoms with Gasteiger partial charge in [-0.05, 0) is 12.1 Å². The van der Waals surface area contributed by atoms with Crippen molar-refractivity contribution < 1.29 is 28.1 Å². The minimum absolute atomic E-state index is 0.0873. The standard InChI is InChI=1S/C6H7O6P/c7-3-5-1-2-6(12-5)4-11-13(8,9)10/h1-3H,4H2,(H2,8,9,10). The van der Waals surface area contributed by atoms with Gasteiger partial charge in [0.2, 0.25) is 0 Å². The summed E-state index contributed by atoms with van der Waals surface area (Å²) in [6, 6.07) is 2.78. The maximum absolute atomic E-state index is 10.2. The Labute approximate surface area is 73.4 Å². The molecule has 0 saturated carbocycles. The molecule has 1 rings (SSSR count). The van der Waals surface area contributed by atoms with Gasteiger partial charge in [-0.1, -0.05) is 0 Å². The van der Waals surface area contributed by atoms with Crippen LogP contribution in [0.1, 0.15) is 16.3 Å². The average Bonchev–Trinajstić information content (AvgIpc) is 2.47. The lowest BCUT2D eigenvalue weighted by molar-refractivity contribution is 0.109. The molecule has 2 N–H and O–H groups in total. The van der Waals surface area contributed by atoms with Crippen molar-refractivity contribution in [2.45, 2.75) is 6.61 Å². The molecule has 0 aliphatic heterocycles. The van der Waals surface area contributed by atoms with Gasteiger partial charge in [-0.3, -0.25) is 9.32 Å². The lowest BCUT2D eigenvalue weighted by Crippen LogP contribution is -1.88. The van der Waals surface area contributed by atoms with E-state index in [0.29, 0.717) is 6.29 Å². The van der Waals surface area contributed by atoms with Crippen molar-refractivity contribution in [1.82, 2.24) is 0 Å². The van der Waals surface area contributed by atoms with E-state index in [9.17, 15) is 9.36 Å². The smallest absolute Gasteiger partial charge is 0.456 e. The van der Waals surface area contributed by atoms with Gasteiger partial charge in [0.05, 0.1) is 0 Å². The van der Waals surface area contributed by atoms with E-state index in [2.05, 4.69) is 4.52 Å². The molecule has 1 aromatic rings. The molecular formula is C6H7O6P. The summed E-state index contributed by atoms with van der Waals surface area (Å²) in [5.41, 5.74) is 0. The fourth-order valence-corrected chi connectivity index (χ4v) is 0.979. The fourth-order valence-electron chi connectivity index (χ4n) is 0.683. The molecule has 0 fully saturated rings. The van der Waals surface area contributed by atoms with E-state index in [1.165, 1.54) is 12.1 Å². The molecule has 13 heavy (non-hydrogen) atoms. The van der Waals surface area contributed by atoms with Crippen molar-refractivity contribution in [2.24, 2.45) is 0 Å². The summed E-state index contributed by atoms with van der Waals surface area (Å²) in [4.78, 5) is 26.8. The molecule has 0 radical (unpaired) electrons. The summed E-state index contributed by atoms with van der Waals surface area (Å²) in [7, 11) is -4.48. The normalized spacial score (nSPS) is 11.5. The summed E-state index contributed by atoms with van der Waals surface area (Å²) >= 11 is 0. The molecule has 0 amide bonds. The largest absolute Gasteiger partial charge is 0.470 e. The predicted molar refractivity (Wildman–Crippen MR) is 40.9 cm³/mol. The molecule has 0 aliphatic carbocycles. The van der Waals surface area contributed by atoms with Crippen LogP contribution in [-0.2, 0) is 15.7 Å². The van der Waals surface area contributed by atoms with Crippen molar-refractivity contribution in [1.29, 1.82) is 0 Å². The molecular weight excluding hydrogens is 199 g/mol. The zero-order chi connectivity index (χ0) is 9.90. The lowest BCUT2D eigenvalue weighted by Gasteiger charge is -2.01. The summed E-state index contributed by atoms with van der Waals surface area (Å²) in [6.45, 7) is -0.363. The molecule has 6 nitrogen and oxygen atoms in total. The minimum Gasteiger partial charge on any atom is -0.456 e. The van der Waals surface area contributed by atoms with Gasteiger partial charge in [0.25, 0.3) is 0 Å². The first-order valence-electron chi connectivity index (χ1n) is 3.25. The van der Waals surface area contributed by atoms with E-state index in [-0.39, 0.29) is 18.1 Å². The highest BCUT2D eigenvalue weighted by atomic mass is 31.2. The summed E-state index contributed by atoms with van der Waals surface area (Å²) in [5.74, 6) is 0.273. The molecule has 1 aromatic heterocycles. The number of phosphoric ester groups is 1. The van der Waals surface area contributed by atoms with Crippen molar-refractivity contribution in [3.63, 3.8) is 0 Å². The zero-order valence-electron chi connectivity index (χ0n) is 6.41. The highest BCUT2D eigenvalue weighted by molar-refractivity contribution is 7.46. The monoisotopic (exact) mass is 206 g/mol. The third-order valence-corrected chi connectivity index (χ3v) is 1.64. The van der Waals surface area contributed by atoms with Gasteiger partial charge < -0.3 is 14.2 Å². The Morgan fingerprint density at radius 1 is 1.54 bits per heavy atom. The number of phosphoric acid groups is 1. The van der Waals surface area contributed by atoms with Crippen molar-refractivity contribution >= 4 is 14.1 Å². The van der Waals surface area contributed by atoms with Crippen LogP contribution in [0.25, 0.3) is 0 Å². The third-order valence-electron chi connectivity index (χ3n) is 1.17. The number of hydrogen-bond acceptors (Lipinski definition) is 4. The molecule has 1 heterocycles. The molecule has 0 aromatic carbocycles. The number of carbonyl (C=O) groups is 1. The molecule has 0 saturated heterocycles. The van der Waals surface area contributed by atoms with Crippen LogP contribution in [0.3, 0.4) is 0 Å². The summed E-state index contributed by atoms with van der Waals surface area (Å²) in [5, 5.41) is 0. The first-order valence-corrected chi connectivity index (χ1v) is 4.78. The van der Waals surface area contributed by atoms with Gasteiger partial charge in [0.1, 0.15) is 12.4 Å². The lowest BCUT2D eigenvalue weighted by atomic mass is 10.4. The first kappa shape index (κ1) is 10.1. The second kappa shape index (κ2) is 3.85. The van der Waals surface area contributed by atoms with Gasteiger partial charge in [-0.15, -0.1) is 0 Å². The van der Waals surface area contributed by atoms with Crippen molar-refractivity contribution in [2.75, 3.05) is 0 Å². The molecule has 0 spiro atoms. The highest BCUT2D eigenvalue weighted by Crippen LogP contribution is 2.36. The van der Waals surface area contributed by atoms with E-state index in [4.69, 9.17) is 14.2 Å². The molecule has 0 aliphatic rings. The van der Waals surface area contributed by atoms with E-state index in [0.717, 1.165) is 0 Å². The van der Waals surface area contributed by atoms with Crippen LogP contribution in [0.2, 0.25) is 0 Å². The van der Waals surface area contributed by atoms with Crippen LogP contribution < -0.4 is 0 Å². The van der Waals surface area contributed by atoms with Gasteiger partial charge in [-0.25, -0.2) is 4.57 Å². The van der Waals surface area contributed by atoms with Gasteiger partial charge in [-0.2, -0.15) is 0 Å². The Morgan fingerprint density at radius 3 is 2.69 bits per heavy atom. The number of hydrogen-bond donors (Lipinski definition) is 2. The summed E-state index contributed by atoms with van der Waals surface area (Å²) in [6.07, 6.45) is 0.487. The number of aldehydes is 1. The van der Waals surface area contributed by atoms with E-state index in [1.807, 2.05) is 0 Å². The van der Waals surface area contributed by atoms with E-state index in [1.54, 1.807) is 0 Å². The maximum atomic E-state index is 10.2. The molecule has 72 valence electrons. The molecule has 0 atom stereocenters. The Balaban J connectivity index is 2.55. The van der Waals surface area contributed by atoms with E-state index < -0.39 is 7.82 Å². The SMILES string of the molecule is O=Cc1ccc(COP(=O)(O)O)o1. The van der Waals surface area contributed by atoms with E-state index >= 15 is 0 Å². The Kier molecular flexibility index (Phi) is 3.00. The average molecular weight is 206 g/mol. The van der Waals surface area contributed by atoms with Gasteiger partial charge in [0.15, 0.2) is 12.0 Å². The topological polar surface area (TPSA) is 97.0 Å². The Bertz CT molecular complexity index is 337. The maximum Gasteiger partial charge on any atom is 0.470 e. The highest BCUT2D eigenvalue weighted by Gasteiger charge is 2.14. The molecule has 0 bridgehead atoms. The van der Waals surface area contributed by atoms with Crippen LogP contribution in [0.5, 0.6) is 0 Å². The molecule has 7 heteroatoms. The van der Waals surface area contributed by atoms with Gasteiger partial charge in [0, 0.05) is 0 Å². The summed E-state index contributed by atoms with van der Waals surface area (Å²) < 4.78 is 19.2. The number of carbonyl (C=O) groups excluding carboxylic acids is 1. The van der Waals surface area contributed by atoms with Crippen LogP contribution in [0.15, 0.2) is 16.5 Å². The van der Waals surface area contributed by atoms with Crippen molar-refractivity contribution in [3.8, 4) is 0 Å². The second-order valence-electron chi connectivity index (χ2n) is 2.19. The second-order valence-corrected chi connectivity index (χ2v) is 3.43. The predicted octanol–water partition coefficient (Wildman–Crippen LogP) is 0.701. The van der Waals surface area contributed by atoms with Crippen LogP contribution in [-0.4, -0.2) is 16.1 Å². The number of furan rings is 1. The van der Waals surface area contributed by atoms with Crippen LogP contribution >= 0.6 is 7.82 Å². The van der Waals surface area contributed by atoms with Gasteiger partial charge >= 0.3 is 7.82 Å². The van der Waals surface area contributed by atoms with Crippen molar-refractivity contribution in [3.05, 3.63) is 23.7 Å². The third kappa shape index (κ3) is 3.52.